The van der Waals surface area contributed by atoms with Crippen molar-refractivity contribution in [2.75, 3.05) is 33.0 Å². The topological polar surface area (TPSA) is 44.8 Å². The number of carbonyl (C=O) groups excluding carboxylic acids is 1. The first-order chi connectivity index (χ1) is 8.72. The summed E-state index contributed by atoms with van der Waals surface area (Å²) in [6.45, 7) is 9.07. The van der Waals surface area contributed by atoms with Crippen LogP contribution in [0.4, 0.5) is 0 Å². The largest absolute Gasteiger partial charge is 0.463 e. The summed E-state index contributed by atoms with van der Waals surface area (Å²) in [7, 11) is 0. The van der Waals surface area contributed by atoms with Crippen LogP contribution < -0.4 is 0 Å². The molecule has 0 saturated carbocycles. The Bertz CT molecular complexity index is 194. The highest BCUT2D eigenvalue weighted by atomic mass is 16.6. The Morgan fingerprint density at radius 2 is 1.61 bits per heavy atom. The molecule has 0 amide bonds. The summed E-state index contributed by atoms with van der Waals surface area (Å²) in [6.07, 6.45) is 4.05. The Kier molecular flexibility index (Phi) is 12.4. The van der Waals surface area contributed by atoms with Crippen LogP contribution in [0.3, 0.4) is 0 Å². The van der Waals surface area contributed by atoms with Crippen molar-refractivity contribution >= 4 is 5.97 Å². The lowest BCUT2D eigenvalue weighted by Gasteiger charge is -2.09. The fraction of sp³-hybridized carbons (Fsp3) is 0.929. The molecule has 0 radical (unpaired) electrons. The number of ether oxygens (including phenoxy) is 3. The maximum Gasteiger partial charge on any atom is 0.308 e. The second-order valence-corrected chi connectivity index (χ2v) is 4.35. The molecule has 1 unspecified atom stereocenters. The fourth-order valence-corrected chi connectivity index (χ4v) is 1.34. The minimum Gasteiger partial charge on any atom is -0.463 e. The Balaban J connectivity index is 3.14. The van der Waals surface area contributed by atoms with Crippen molar-refractivity contribution in [1.29, 1.82) is 0 Å². The third-order valence-electron chi connectivity index (χ3n) is 2.77. The van der Waals surface area contributed by atoms with E-state index in [-0.39, 0.29) is 11.9 Å². The number of rotatable bonds is 12. The third-order valence-corrected chi connectivity index (χ3v) is 2.77. The zero-order valence-corrected chi connectivity index (χ0v) is 12.1. The summed E-state index contributed by atoms with van der Waals surface area (Å²) in [4.78, 5) is 11.3. The second kappa shape index (κ2) is 12.8. The molecule has 0 bridgehead atoms. The number of unbranched alkanes of at least 4 members (excludes halogenated alkanes) is 2. The lowest BCUT2D eigenvalue weighted by Crippen LogP contribution is -2.17. The zero-order chi connectivity index (χ0) is 13.6. The van der Waals surface area contributed by atoms with Gasteiger partial charge >= 0.3 is 5.97 Å². The van der Waals surface area contributed by atoms with Crippen molar-refractivity contribution < 1.29 is 19.0 Å². The van der Waals surface area contributed by atoms with Gasteiger partial charge in [0.25, 0.3) is 0 Å². The average Bonchev–Trinajstić information content (AvgIpc) is 2.39. The van der Waals surface area contributed by atoms with Gasteiger partial charge in [-0.3, -0.25) is 4.79 Å². The Labute approximate surface area is 111 Å². The molecule has 0 spiro atoms. The van der Waals surface area contributed by atoms with Crippen LogP contribution in [0.1, 0.15) is 46.5 Å². The van der Waals surface area contributed by atoms with Crippen LogP contribution >= 0.6 is 0 Å². The summed E-state index contributed by atoms with van der Waals surface area (Å²) in [6, 6.07) is 0. The van der Waals surface area contributed by atoms with Gasteiger partial charge in [0.05, 0.1) is 12.5 Å². The first kappa shape index (κ1) is 17.4. The van der Waals surface area contributed by atoms with Gasteiger partial charge in [0, 0.05) is 19.8 Å². The lowest BCUT2D eigenvalue weighted by atomic mass is 10.1. The summed E-state index contributed by atoms with van der Waals surface area (Å²) in [5.74, 6) is -0.138. The van der Waals surface area contributed by atoms with E-state index >= 15 is 0 Å². The van der Waals surface area contributed by atoms with Crippen LogP contribution in [-0.2, 0) is 19.0 Å². The minimum absolute atomic E-state index is 0.0106. The van der Waals surface area contributed by atoms with Gasteiger partial charge < -0.3 is 14.2 Å². The van der Waals surface area contributed by atoms with E-state index in [0.717, 1.165) is 45.5 Å². The van der Waals surface area contributed by atoms with Crippen LogP contribution in [0, 0.1) is 5.92 Å². The molecule has 0 aliphatic carbocycles. The Morgan fingerprint density at radius 3 is 2.22 bits per heavy atom. The highest BCUT2D eigenvalue weighted by Crippen LogP contribution is 2.02. The molecular weight excluding hydrogens is 232 g/mol. The van der Waals surface area contributed by atoms with Crippen LogP contribution in [-0.4, -0.2) is 39.0 Å². The lowest BCUT2D eigenvalue weighted by molar-refractivity contribution is -0.149. The van der Waals surface area contributed by atoms with E-state index in [4.69, 9.17) is 14.2 Å². The summed E-state index contributed by atoms with van der Waals surface area (Å²) >= 11 is 0. The predicted octanol–water partition coefficient (Wildman–Crippen LogP) is 2.80. The van der Waals surface area contributed by atoms with Gasteiger partial charge in [0.15, 0.2) is 0 Å². The van der Waals surface area contributed by atoms with Gasteiger partial charge in [0.1, 0.15) is 6.61 Å². The second-order valence-electron chi connectivity index (χ2n) is 4.35. The van der Waals surface area contributed by atoms with Crippen LogP contribution in [0.25, 0.3) is 0 Å². The van der Waals surface area contributed by atoms with E-state index in [1.54, 1.807) is 0 Å². The molecule has 18 heavy (non-hydrogen) atoms. The first-order valence-corrected chi connectivity index (χ1v) is 7.04. The number of carbonyl (C=O) groups is 1. The van der Waals surface area contributed by atoms with Gasteiger partial charge in [-0.05, 0) is 32.6 Å². The smallest absolute Gasteiger partial charge is 0.308 e. The normalized spacial score (nSPS) is 12.4. The molecule has 0 saturated heterocycles. The Morgan fingerprint density at radius 1 is 0.944 bits per heavy atom. The van der Waals surface area contributed by atoms with Gasteiger partial charge in [-0.2, -0.15) is 0 Å². The number of esters is 1. The summed E-state index contributed by atoms with van der Waals surface area (Å²) < 4.78 is 15.7. The van der Waals surface area contributed by atoms with Crippen molar-refractivity contribution in [2.45, 2.75) is 46.5 Å². The van der Waals surface area contributed by atoms with Gasteiger partial charge in [0.2, 0.25) is 0 Å². The van der Waals surface area contributed by atoms with Crippen molar-refractivity contribution in [1.82, 2.24) is 0 Å². The molecule has 0 aromatic heterocycles. The molecule has 0 fully saturated rings. The monoisotopic (exact) mass is 260 g/mol. The molecule has 0 aromatic carbocycles. The quantitative estimate of drug-likeness (QED) is 0.400. The first-order valence-electron chi connectivity index (χ1n) is 7.04. The molecule has 0 aromatic rings. The highest BCUT2D eigenvalue weighted by molar-refractivity contribution is 5.71. The fourth-order valence-electron chi connectivity index (χ4n) is 1.34. The molecule has 0 aliphatic rings. The van der Waals surface area contributed by atoms with Gasteiger partial charge in [-0.1, -0.05) is 13.8 Å². The van der Waals surface area contributed by atoms with Crippen LogP contribution in [0.2, 0.25) is 0 Å². The van der Waals surface area contributed by atoms with Gasteiger partial charge in [-0.25, -0.2) is 0 Å². The molecule has 4 heteroatoms. The number of hydrogen-bond donors (Lipinski definition) is 0. The van der Waals surface area contributed by atoms with Crippen LogP contribution in [0.15, 0.2) is 0 Å². The van der Waals surface area contributed by atoms with Crippen molar-refractivity contribution in [2.24, 2.45) is 5.92 Å². The maximum absolute atomic E-state index is 11.3. The average molecular weight is 260 g/mol. The molecule has 0 aliphatic heterocycles. The molecule has 0 N–H and O–H groups in total. The summed E-state index contributed by atoms with van der Waals surface area (Å²) in [5, 5.41) is 0. The van der Waals surface area contributed by atoms with Crippen molar-refractivity contribution in [3.05, 3.63) is 0 Å². The third kappa shape index (κ3) is 10.5. The van der Waals surface area contributed by atoms with Crippen molar-refractivity contribution in [3.63, 3.8) is 0 Å². The van der Waals surface area contributed by atoms with E-state index in [1.807, 2.05) is 20.8 Å². The minimum atomic E-state index is -0.127. The van der Waals surface area contributed by atoms with E-state index in [2.05, 4.69) is 0 Å². The molecule has 108 valence electrons. The predicted molar refractivity (Wildman–Crippen MR) is 71.6 cm³/mol. The van der Waals surface area contributed by atoms with E-state index in [9.17, 15) is 4.79 Å². The van der Waals surface area contributed by atoms with E-state index < -0.39 is 0 Å². The van der Waals surface area contributed by atoms with Gasteiger partial charge in [-0.15, -0.1) is 0 Å². The zero-order valence-electron chi connectivity index (χ0n) is 12.1. The summed E-state index contributed by atoms with van der Waals surface area (Å²) in [5.41, 5.74) is 0. The molecular formula is C14H28O4. The van der Waals surface area contributed by atoms with E-state index in [1.165, 1.54) is 0 Å². The molecule has 0 heterocycles. The number of hydrogen-bond acceptors (Lipinski definition) is 4. The SMILES string of the molecule is CCOCCCCCOCCOC(=O)C(C)CC. The van der Waals surface area contributed by atoms with E-state index in [0.29, 0.717) is 13.2 Å². The standard InChI is InChI=1S/C14H28O4/c1-4-13(3)14(15)18-12-11-17-10-8-6-7-9-16-5-2/h13H,4-12H2,1-3H3. The van der Waals surface area contributed by atoms with Crippen LogP contribution in [0.5, 0.6) is 0 Å². The molecule has 1 atom stereocenters. The maximum atomic E-state index is 11.3. The molecule has 4 nitrogen and oxygen atoms in total. The molecule has 0 rings (SSSR count). The Hall–Kier alpha value is -0.610. The van der Waals surface area contributed by atoms with Crippen molar-refractivity contribution in [3.8, 4) is 0 Å². The highest BCUT2D eigenvalue weighted by Gasteiger charge is 2.10.